The molecule has 13 nitrogen and oxygen atoms in total. The fraction of sp³-hybridized carbons (Fsp3) is 0.900. The zero-order valence-corrected chi connectivity index (χ0v) is 23.5. The second kappa shape index (κ2) is 31.5. The number of ether oxygens (including phenoxy) is 1. The summed E-state index contributed by atoms with van der Waals surface area (Å²) in [7, 11) is 0. The minimum absolute atomic E-state index is 0. The second-order valence-corrected chi connectivity index (χ2v) is 4.92. The molecule has 11 N–H and O–H groups in total. The van der Waals surface area contributed by atoms with E-state index in [0.717, 1.165) is 0 Å². The molecular weight excluding hydrogens is 963 g/mol. The van der Waals surface area contributed by atoms with Gasteiger partial charge < -0.3 is 43.3 Å². The quantitative estimate of drug-likeness (QED) is 0.194. The van der Waals surface area contributed by atoms with Gasteiger partial charge in [0, 0.05) is 89.5 Å². The number of aliphatic hydroxyl groups excluding tert-OH is 1. The van der Waals surface area contributed by atoms with Crippen LogP contribution in [-0.2, 0) is 144 Å². The molecule has 4 saturated heterocycles. The van der Waals surface area contributed by atoms with E-state index >= 15 is 0 Å². The average molecular weight is 992 g/mol. The molecule has 0 amide bonds. The summed E-state index contributed by atoms with van der Waals surface area (Å²) in [5, 5.41) is 24.1. The van der Waals surface area contributed by atoms with Crippen LogP contribution in [0.2, 0.25) is 0 Å². The molecule has 4 aliphatic heterocycles. The van der Waals surface area contributed by atoms with Crippen molar-refractivity contribution in [2.24, 2.45) is 0 Å². The SMILES string of the molecule is C1N2CN3CN1CN(C2)C3.O.O.O=C(O)COCC(O)O.[Ag+].[Ag+].[Ag].[Ag].[Ag].[Ag].[NH2-].[NH2-]. The van der Waals surface area contributed by atoms with E-state index in [2.05, 4.69) is 24.3 Å². The number of aliphatic hydroxyl groups is 2. The molecule has 0 aromatic carbocycles. The molecule has 206 valence electrons. The van der Waals surface area contributed by atoms with Gasteiger partial charge in [0.25, 0.3) is 0 Å². The maximum atomic E-state index is 9.69. The van der Waals surface area contributed by atoms with Gasteiger partial charge in [0.1, 0.15) is 6.61 Å². The van der Waals surface area contributed by atoms with E-state index in [0.29, 0.717) is 0 Å². The first-order valence-electron chi connectivity index (χ1n) is 6.08. The Bertz CT molecular complexity index is 287. The summed E-state index contributed by atoms with van der Waals surface area (Å²) in [6.07, 6.45) is -1.59. The Kier molecular flexibility index (Phi) is 63.4. The average Bonchev–Trinajstić information content (AvgIpc) is 2.26. The molecule has 0 aliphatic carbocycles. The van der Waals surface area contributed by atoms with Crippen LogP contribution in [0.4, 0.5) is 0 Å². The third kappa shape index (κ3) is 24.4. The van der Waals surface area contributed by atoms with Gasteiger partial charge in [-0.15, -0.1) is 0 Å². The summed E-state index contributed by atoms with van der Waals surface area (Å²) in [5.74, 6) is -1.13. The molecule has 0 saturated carbocycles. The van der Waals surface area contributed by atoms with Crippen LogP contribution in [0.1, 0.15) is 0 Å². The predicted molar refractivity (Wildman–Crippen MR) is 81.0 cm³/mol. The zero-order valence-electron chi connectivity index (χ0n) is 14.6. The number of carboxylic acids is 1. The van der Waals surface area contributed by atoms with E-state index in [9.17, 15) is 4.79 Å². The summed E-state index contributed by atoms with van der Waals surface area (Å²) in [5.41, 5.74) is 0. The Morgan fingerprint density at radius 1 is 0.759 bits per heavy atom. The fourth-order valence-electron chi connectivity index (χ4n) is 2.49. The minimum atomic E-state index is -1.59. The van der Waals surface area contributed by atoms with E-state index in [1.807, 2.05) is 0 Å². The van der Waals surface area contributed by atoms with Gasteiger partial charge in [0.2, 0.25) is 0 Å². The zero-order chi connectivity index (χ0) is 13.8. The van der Waals surface area contributed by atoms with Gasteiger partial charge in [-0.25, -0.2) is 4.79 Å². The molecular formula is C10H28Ag6N6O7. The number of hydrogen-bond donors (Lipinski definition) is 3. The van der Waals surface area contributed by atoms with E-state index in [4.69, 9.17) is 15.3 Å². The Labute approximate surface area is 264 Å². The van der Waals surface area contributed by atoms with Crippen molar-refractivity contribution in [2.75, 3.05) is 53.2 Å². The number of aliphatic carboxylic acids is 1. The van der Waals surface area contributed by atoms with Gasteiger partial charge >= 0.3 is 50.7 Å². The van der Waals surface area contributed by atoms with Crippen molar-refractivity contribution in [2.45, 2.75) is 6.29 Å². The standard InChI is InChI=1S/C6H12N4.C4H8O5.6Ag.2H2N.2H2O/c1-7-2-9-4-8(1)5-10(3-7)6-9;5-3(6)1-9-2-4(7)8;;;;;;;;;;/h1-6H2;3,5-6H,1-2H2,(H,7,8);;;;;;;4*1H2/q;;;;;;2*+1;2*-1;;. The molecule has 4 fully saturated rings. The maximum Gasteiger partial charge on any atom is 1.00 e. The molecule has 4 radical (unpaired) electrons. The van der Waals surface area contributed by atoms with Gasteiger partial charge in [-0.05, 0) is 0 Å². The number of carbonyl (C=O) groups is 1. The third-order valence-electron chi connectivity index (χ3n) is 2.89. The summed E-state index contributed by atoms with van der Waals surface area (Å²) in [6, 6.07) is 0. The number of carboxylic acid groups (broad SMARTS) is 1. The normalized spacial score (nSPS) is 23.0. The number of rotatable bonds is 4. The first-order chi connectivity index (χ1) is 9.02. The Balaban J connectivity index is -0.0000000295. The summed E-state index contributed by atoms with van der Waals surface area (Å²) in [6.45, 7) is 6.25. The van der Waals surface area contributed by atoms with Crippen LogP contribution >= 0.6 is 0 Å². The monoisotopic (exact) mass is 986 g/mol. The molecule has 19 heteroatoms. The molecule has 4 bridgehead atoms. The van der Waals surface area contributed by atoms with E-state index in [1.165, 1.54) is 40.0 Å². The molecule has 0 spiro atoms. The molecule has 0 aromatic rings. The number of hydrogen-bond acceptors (Lipinski definition) is 8. The first kappa shape index (κ1) is 58.4. The molecule has 0 aromatic heterocycles. The number of nitrogens with zero attached hydrogens (tertiary/aromatic N) is 4. The van der Waals surface area contributed by atoms with Crippen LogP contribution < -0.4 is 0 Å². The number of nitrogens with two attached hydrogens (primary N) is 2. The Morgan fingerprint density at radius 2 is 1.00 bits per heavy atom. The third-order valence-corrected chi connectivity index (χ3v) is 2.89. The van der Waals surface area contributed by atoms with E-state index in [-0.39, 0.29) is 164 Å². The Hall–Kier alpha value is 3.47. The van der Waals surface area contributed by atoms with E-state index < -0.39 is 18.9 Å². The van der Waals surface area contributed by atoms with Crippen LogP contribution in [-0.4, -0.2) is 111 Å². The van der Waals surface area contributed by atoms with Crippen molar-refractivity contribution in [1.29, 1.82) is 0 Å². The van der Waals surface area contributed by atoms with Crippen molar-refractivity contribution in [3.8, 4) is 0 Å². The van der Waals surface area contributed by atoms with E-state index in [1.54, 1.807) is 0 Å². The van der Waals surface area contributed by atoms with Crippen molar-refractivity contribution < 1.29 is 170 Å². The predicted octanol–water partition coefficient (Wildman–Crippen LogP) is -2.85. The molecule has 4 heterocycles. The minimum Gasteiger partial charge on any atom is -0.693 e. The maximum absolute atomic E-state index is 9.69. The van der Waals surface area contributed by atoms with Gasteiger partial charge in [0.15, 0.2) is 6.29 Å². The second-order valence-electron chi connectivity index (χ2n) is 4.92. The topological polar surface area (TPSA) is 230 Å². The molecule has 4 rings (SSSR count). The van der Waals surface area contributed by atoms with Crippen molar-refractivity contribution in [1.82, 2.24) is 19.6 Å². The van der Waals surface area contributed by atoms with Gasteiger partial charge in [-0.3, -0.25) is 19.6 Å². The van der Waals surface area contributed by atoms with Crippen LogP contribution in [0.25, 0.3) is 12.3 Å². The van der Waals surface area contributed by atoms with Crippen molar-refractivity contribution >= 4 is 5.97 Å². The van der Waals surface area contributed by atoms with Crippen molar-refractivity contribution in [3.63, 3.8) is 0 Å². The van der Waals surface area contributed by atoms with Gasteiger partial charge in [0.05, 0.1) is 46.6 Å². The fourth-order valence-corrected chi connectivity index (χ4v) is 2.49. The molecule has 0 unspecified atom stereocenters. The smallest absolute Gasteiger partial charge is 0.693 e. The summed E-state index contributed by atoms with van der Waals surface area (Å²) >= 11 is 0. The van der Waals surface area contributed by atoms with Gasteiger partial charge in [-0.1, -0.05) is 0 Å². The summed E-state index contributed by atoms with van der Waals surface area (Å²) < 4.78 is 4.26. The van der Waals surface area contributed by atoms with Crippen LogP contribution in [0.15, 0.2) is 0 Å². The van der Waals surface area contributed by atoms with Crippen LogP contribution in [0.3, 0.4) is 0 Å². The molecule has 29 heavy (non-hydrogen) atoms. The van der Waals surface area contributed by atoms with Crippen molar-refractivity contribution in [3.05, 3.63) is 12.3 Å². The first-order valence-corrected chi connectivity index (χ1v) is 6.08. The largest absolute Gasteiger partial charge is 1.00 e. The summed E-state index contributed by atoms with van der Waals surface area (Å²) in [4.78, 5) is 19.6. The van der Waals surface area contributed by atoms with Gasteiger partial charge in [-0.2, -0.15) is 0 Å². The molecule has 4 aliphatic rings. The molecule has 0 atom stereocenters. The Morgan fingerprint density at radius 3 is 1.17 bits per heavy atom. The van der Waals surface area contributed by atoms with Crippen LogP contribution in [0, 0.1) is 0 Å². The van der Waals surface area contributed by atoms with Crippen LogP contribution in [0.5, 0.6) is 0 Å².